The van der Waals surface area contributed by atoms with E-state index in [2.05, 4.69) is 5.32 Å². The van der Waals surface area contributed by atoms with Crippen LogP contribution in [0.25, 0.3) is 0 Å². The van der Waals surface area contributed by atoms with Crippen molar-refractivity contribution in [2.75, 3.05) is 26.5 Å². The van der Waals surface area contributed by atoms with Crippen LogP contribution in [-0.4, -0.2) is 49.0 Å². The van der Waals surface area contributed by atoms with E-state index in [0.29, 0.717) is 36.8 Å². The molecule has 8 nitrogen and oxygen atoms in total. The predicted octanol–water partition coefficient (Wildman–Crippen LogP) is 6.11. The first-order chi connectivity index (χ1) is 21.0. The van der Waals surface area contributed by atoms with E-state index in [9.17, 15) is 22.8 Å². The van der Waals surface area contributed by atoms with Crippen LogP contribution < -0.4 is 19.5 Å². The largest absolute Gasteiger partial charge is 0.493 e. The second kappa shape index (κ2) is 13.1. The van der Waals surface area contributed by atoms with Gasteiger partial charge in [0, 0.05) is 37.2 Å². The van der Waals surface area contributed by atoms with Crippen LogP contribution in [0.3, 0.4) is 0 Å². The van der Waals surface area contributed by atoms with Crippen molar-refractivity contribution >= 4 is 12.0 Å². The van der Waals surface area contributed by atoms with Crippen LogP contribution >= 0.6 is 0 Å². The zero-order valence-corrected chi connectivity index (χ0v) is 24.8. The summed E-state index contributed by atoms with van der Waals surface area (Å²) >= 11 is 0. The van der Waals surface area contributed by atoms with Crippen molar-refractivity contribution in [3.8, 4) is 17.2 Å². The maximum atomic E-state index is 14.9. The summed E-state index contributed by atoms with van der Waals surface area (Å²) in [5.74, 6) is -1.23. The number of fused-ring (bicyclic) bond motifs is 1. The molecule has 1 saturated heterocycles. The lowest BCUT2D eigenvalue weighted by atomic mass is 9.80. The van der Waals surface area contributed by atoms with Crippen molar-refractivity contribution in [2.24, 2.45) is 5.92 Å². The summed E-state index contributed by atoms with van der Waals surface area (Å²) in [6.07, 6.45) is -0.185. The van der Waals surface area contributed by atoms with E-state index in [1.54, 1.807) is 56.0 Å². The van der Waals surface area contributed by atoms with E-state index in [-0.39, 0.29) is 49.3 Å². The number of halogens is 3. The van der Waals surface area contributed by atoms with E-state index in [1.165, 1.54) is 12.1 Å². The molecule has 2 atom stereocenters. The van der Waals surface area contributed by atoms with Gasteiger partial charge in [-0.2, -0.15) is 0 Å². The molecular formula is C33H35F3N2O6. The van der Waals surface area contributed by atoms with Gasteiger partial charge in [-0.05, 0) is 74.6 Å². The lowest BCUT2D eigenvalue weighted by Crippen LogP contribution is -2.46. The molecule has 2 heterocycles. The van der Waals surface area contributed by atoms with Gasteiger partial charge in [0.15, 0.2) is 11.5 Å². The van der Waals surface area contributed by atoms with Gasteiger partial charge < -0.3 is 29.2 Å². The third kappa shape index (κ3) is 7.56. The molecule has 2 aliphatic heterocycles. The van der Waals surface area contributed by atoms with Crippen molar-refractivity contribution in [2.45, 2.75) is 51.7 Å². The summed E-state index contributed by atoms with van der Waals surface area (Å²) < 4.78 is 65.4. The number of carbonyl (C=O) groups excluding carboxylic acids is 2. The summed E-state index contributed by atoms with van der Waals surface area (Å²) in [5.41, 5.74) is 0.0188. The van der Waals surface area contributed by atoms with E-state index in [1.807, 2.05) is 0 Å². The van der Waals surface area contributed by atoms with E-state index in [4.69, 9.17) is 18.9 Å². The Balaban J connectivity index is 1.31. The number of rotatable bonds is 8. The lowest BCUT2D eigenvalue weighted by molar-refractivity contribution is -0.120. The molecule has 0 unspecified atom stereocenters. The van der Waals surface area contributed by atoms with Crippen molar-refractivity contribution < 1.29 is 41.7 Å². The SMILES string of the molecule is CC(C)(C)OC(=O)N1CC[C@@H](c2ccc(F)c(CC(=O)NCc3c(F)cccc3F)c2)[C@H](COc2ccc3c(c2)OCO3)C1. The molecule has 0 saturated carbocycles. The van der Waals surface area contributed by atoms with E-state index >= 15 is 0 Å². The molecule has 3 aromatic carbocycles. The Morgan fingerprint density at radius 1 is 0.977 bits per heavy atom. The molecule has 0 aromatic heterocycles. The Hall–Kier alpha value is -4.41. The minimum absolute atomic E-state index is 0.127. The molecule has 5 rings (SSSR count). The highest BCUT2D eigenvalue weighted by molar-refractivity contribution is 5.78. The molecule has 0 bridgehead atoms. The molecule has 0 radical (unpaired) electrons. The van der Waals surface area contributed by atoms with Crippen LogP contribution in [0.4, 0.5) is 18.0 Å². The Morgan fingerprint density at radius 3 is 2.48 bits per heavy atom. The van der Waals surface area contributed by atoms with Crippen LogP contribution in [0.1, 0.15) is 49.8 Å². The Kier molecular flexibility index (Phi) is 9.22. The fourth-order valence-corrected chi connectivity index (χ4v) is 5.39. The first-order valence-corrected chi connectivity index (χ1v) is 14.4. The number of hydrogen-bond donors (Lipinski definition) is 1. The van der Waals surface area contributed by atoms with E-state index < -0.39 is 35.1 Å². The third-order valence-corrected chi connectivity index (χ3v) is 7.57. The average molecular weight is 613 g/mol. The van der Waals surface area contributed by atoms with Crippen LogP contribution in [0, 0.1) is 23.4 Å². The number of amides is 2. The summed E-state index contributed by atoms with van der Waals surface area (Å²) in [5, 5.41) is 2.47. The molecule has 11 heteroatoms. The van der Waals surface area contributed by atoms with Crippen molar-refractivity contribution in [1.29, 1.82) is 0 Å². The van der Waals surface area contributed by atoms with Crippen molar-refractivity contribution in [3.05, 3.63) is 88.7 Å². The van der Waals surface area contributed by atoms with Gasteiger partial charge in [-0.1, -0.05) is 18.2 Å². The standard InChI is InChI=1S/C33H35F3N2O6/c1-33(2,3)44-32(40)38-12-11-24(22(17-38)18-41-23-8-10-29-30(15-23)43-19-42-29)20-7-9-26(34)21(13-20)14-31(39)37-16-25-27(35)5-4-6-28(25)36/h4-10,13,15,22,24H,11-12,14,16-19H2,1-3H3,(H,37,39)/t22-,24-/m0/s1. The molecule has 2 aliphatic rings. The maximum absolute atomic E-state index is 14.9. The van der Waals surface area contributed by atoms with Gasteiger partial charge >= 0.3 is 6.09 Å². The van der Waals surface area contributed by atoms with E-state index in [0.717, 1.165) is 17.7 Å². The van der Waals surface area contributed by atoms with Gasteiger partial charge in [-0.3, -0.25) is 4.79 Å². The molecule has 1 N–H and O–H groups in total. The Labute approximate surface area is 254 Å². The molecule has 0 aliphatic carbocycles. The highest BCUT2D eigenvalue weighted by Gasteiger charge is 2.35. The van der Waals surface area contributed by atoms with Gasteiger partial charge in [0.05, 0.1) is 13.0 Å². The minimum Gasteiger partial charge on any atom is -0.493 e. The summed E-state index contributed by atoms with van der Waals surface area (Å²) in [7, 11) is 0. The van der Waals surface area contributed by atoms with Crippen molar-refractivity contribution in [3.63, 3.8) is 0 Å². The predicted molar refractivity (Wildman–Crippen MR) is 155 cm³/mol. The Bertz CT molecular complexity index is 1510. The topological polar surface area (TPSA) is 86.3 Å². The number of carbonyl (C=O) groups is 2. The van der Waals surface area contributed by atoms with Gasteiger partial charge in [-0.25, -0.2) is 18.0 Å². The normalized spacial score (nSPS) is 17.7. The molecule has 3 aromatic rings. The second-order valence-corrected chi connectivity index (χ2v) is 11.9. The number of nitrogens with zero attached hydrogens (tertiary/aromatic N) is 1. The molecule has 44 heavy (non-hydrogen) atoms. The fraction of sp³-hybridized carbons (Fsp3) is 0.394. The van der Waals surface area contributed by atoms with Crippen molar-refractivity contribution in [1.82, 2.24) is 10.2 Å². The lowest BCUT2D eigenvalue weighted by Gasteiger charge is -2.39. The summed E-state index contributed by atoms with van der Waals surface area (Å²) in [4.78, 5) is 27.2. The quantitative estimate of drug-likeness (QED) is 0.331. The number of ether oxygens (including phenoxy) is 4. The molecule has 234 valence electrons. The van der Waals surface area contributed by atoms with Gasteiger partial charge in [-0.15, -0.1) is 0 Å². The third-order valence-electron chi connectivity index (χ3n) is 7.57. The number of nitrogens with one attached hydrogen (secondary N) is 1. The summed E-state index contributed by atoms with van der Waals surface area (Å²) in [6.45, 7) is 6.20. The Morgan fingerprint density at radius 2 is 1.73 bits per heavy atom. The first-order valence-electron chi connectivity index (χ1n) is 14.4. The highest BCUT2D eigenvalue weighted by atomic mass is 19.1. The average Bonchev–Trinajstić information content (AvgIpc) is 3.44. The van der Waals surface area contributed by atoms with Crippen LogP contribution in [0.15, 0.2) is 54.6 Å². The number of benzene rings is 3. The van der Waals surface area contributed by atoms with Gasteiger partial charge in [0.2, 0.25) is 12.7 Å². The van der Waals surface area contributed by atoms with Gasteiger partial charge in [0.1, 0.15) is 28.8 Å². The first kappa shape index (κ1) is 31.0. The second-order valence-electron chi connectivity index (χ2n) is 11.9. The number of likely N-dealkylation sites (tertiary alicyclic amines) is 1. The molecular weight excluding hydrogens is 577 g/mol. The highest BCUT2D eigenvalue weighted by Crippen LogP contribution is 2.38. The maximum Gasteiger partial charge on any atom is 0.410 e. The molecule has 2 amide bonds. The van der Waals surface area contributed by atoms with Crippen LogP contribution in [0.2, 0.25) is 0 Å². The molecule has 1 fully saturated rings. The zero-order valence-electron chi connectivity index (χ0n) is 24.8. The summed E-state index contributed by atoms with van der Waals surface area (Å²) in [6, 6.07) is 13.4. The number of hydrogen-bond acceptors (Lipinski definition) is 6. The minimum atomic E-state index is -0.773. The number of piperidine rings is 1. The molecule has 0 spiro atoms. The fourth-order valence-electron chi connectivity index (χ4n) is 5.39. The zero-order chi connectivity index (χ0) is 31.4. The van der Waals surface area contributed by atoms with Crippen LogP contribution in [0.5, 0.6) is 17.2 Å². The van der Waals surface area contributed by atoms with Crippen LogP contribution in [-0.2, 0) is 22.5 Å². The smallest absolute Gasteiger partial charge is 0.410 e. The van der Waals surface area contributed by atoms with Gasteiger partial charge in [0.25, 0.3) is 0 Å². The monoisotopic (exact) mass is 612 g/mol.